The molecule has 2 aromatic carbocycles. The molecule has 0 aromatic heterocycles. The summed E-state index contributed by atoms with van der Waals surface area (Å²) in [7, 11) is 0. The van der Waals surface area contributed by atoms with E-state index < -0.39 is 0 Å². The van der Waals surface area contributed by atoms with Crippen LogP contribution in [-0.2, 0) is 0 Å². The number of aliphatic hydroxyl groups excluding tert-OH is 1. The summed E-state index contributed by atoms with van der Waals surface area (Å²) >= 11 is 0. The summed E-state index contributed by atoms with van der Waals surface area (Å²) in [5.41, 5.74) is 3.12. The maximum Gasteiger partial charge on any atom is 0.186 e. The molecule has 2 rings (SSSR count). The van der Waals surface area contributed by atoms with Crippen LogP contribution in [0.1, 0.15) is 11.1 Å². The SMILES string of the molecule is C=C(c1ccccc1)c1ccc(OCO)cc1. The van der Waals surface area contributed by atoms with Crippen molar-refractivity contribution in [2.24, 2.45) is 0 Å². The molecular weight excluding hydrogens is 212 g/mol. The highest BCUT2D eigenvalue weighted by molar-refractivity contribution is 5.78. The Morgan fingerprint density at radius 2 is 1.53 bits per heavy atom. The lowest BCUT2D eigenvalue weighted by Gasteiger charge is -2.07. The van der Waals surface area contributed by atoms with E-state index in [2.05, 4.69) is 6.58 Å². The van der Waals surface area contributed by atoms with Gasteiger partial charge in [-0.15, -0.1) is 0 Å². The van der Waals surface area contributed by atoms with Crippen LogP contribution in [-0.4, -0.2) is 11.9 Å². The molecule has 0 aliphatic rings. The fourth-order valence-corrected chi connectivity index (χ4v) is 1.63. The van der Waals surface area contributed by atoms with Gasteiger partial charge in [0.25, 0.3) is 0 Å². The summed E-state index contributed by atoms with van der Waals surface area (Å²) in [4.78, 5) is 0. The molecule has 0 spiro atoms. The lowest BCUT2D eigenvalue weighted by atomic mass is 10.00. The summed E-state index contributed by atoms with van der Waals surface area (Å²) in [6, 6.07) is 17.5. The van der Waals surface area contributed by atoms with Crippen molar-refractivity contribution >= 4 is 5.57 Å². The van der Waals surface area contributed by atoms with Crippen LogP contribution in [0.25, 0.3) is 5.57 Å². The standard InChI is InChI=1S/C15H14O2/c1-12(13-5-3-2-4-6-13)14-7-9-15(10-8-14)17-11-16/h2-10,16H,1,11H2. The zero-order valence-corrected chi connectivity index (χ0v) is 9.47. The molecule has 0 atom stereocenters. The van der Waals surface area contributed by atoms with Crippen LogP contribution in [0, 0.1) is 0 Å². The Balaban J connectivity index is 2.20. The molecule has 0 fully saturated rings. The van der Waals surface area contributed by atoms with E-state index in [1.54, 1.807) is 0 Å². The topological polar surface area (TPSA) is 29.5 Å². The summed E-state index contributed by atoms with van der Waals surface area (Å²) < 4.78 is 4.97. The molecule has 0 radical (unpaired) electrons. The molecule has 0 unspecified atom stereocenters. The van der Waals surface area contributed by atoms with E-state index >= 15 is 0 Å². The largest absolute Gasteiger partial charge is 0.468 e. The smallest absolute Gasteiger partial charge is 0.186 e. The molecule has 0 heterocycles. The molecule has 0 amide bonds. The first-order valence-electron chi connectivity index (χ1n) is 5.39. The van der Waals surface area contributed by atoms with Crippen LogP contribution in [0.5, 0.6) is 5.75 Å². The van der Waals surface area contributed by atoms with E-state index in [9.17, 15) is 0 Å². The van der Waals surface area contributed by atoms with Gasteiger partial charge in [-0.25, -0.2) is 0 Å². The van der Waals surface area contributed by atoms with Crippen molar-refractivity contribution in [3.8, 4) is 5.75 Å². The first-order valence-corrected chi connectivity index (χ1v) is 5.39. The molecule has 2 nitrogen and oxygen atoms in total. The van der Waals surface area contributed by atoms with E-state index in [-0.39, 0.29) is 6.79 Å². The Morgan fingerprint density at radius 3 is 2.12 bits per heavy atom. The maximum atomic E-state index is 8.64. The minimum atomic E-state index is -0.307. The van der Waals surface area contributed by atoms with Gasteiger partial charge in [0.05, 0.1) is 0 Å². The van der Waals surface area contributed by atoms with Gasteiger partial charge in [-0.05, 0) is 28.8 Å². The zero-order valence-electron chi connectivity index (χ0n) is 9.47. The van der Waals surface area contributed by atoms with Crippen molar-refractivity contribution in [3.05, 3.63) is 72.3 Å². The molecule has 2 aromatic rings. The van der Waals surface area contributed by atoms with Gasteiger partial charge in [0.1, 0.15) is 5.75 Å². The van der Waals surface area contributed by atoms with E-state index in [4.69, 9.17) is 9.84 Å². The van der Waals surface area contributed by atoms with Crippen molar-refractivity contribution in [1.29, 1.82) is 0 Å². The van der Waals surface area contributed by atoms with Gasteiger partial charge in [-0.1, -0.05) is 49.0 Å². The molecule has 17 heavy (non-hydrogen) atoms. The van der Waals surface area contributed by atoms with Gasteiger partial charge >= 0.3 is 0 Å². The van der Waals surface area contributed by atoms with E-state index in [0.717, 1.165) is 16.7 Å². The first-order chi connectivity index (χ1) is 8.31. The minimum absolute atomic E-state index is 0.307. The predicted octanol–water partition coefficient (Wildman–Crippen LogP) is 3.08. The summed E-state index contributed by atoms with van der Waals surface area (Å²) in [5.74, 6) is 0.650. The van der Waals surface area contributed by atoms with Gasteiger partial charge in [0.15, 0.2) is 6.79 Å². The molecule has 0 aliphatic carbocycles. The molecule has 2 heteroatoms. The van der Waals surface area contributed by atoms with Crippen LogP contribution < -0.4 is 4.74 Å². The molecule has 0 saturated carbocycles. The monoisotopic (exact) mass is 226 g/mol. The fourth-order valence-electron chi connectivity index (χ4n) is 1.63. The van der Waals surface area contributed by atoms with Gasteiger partial charge in [-0.2, -0.15) is 0 Å². The molecule has 0 aliphatic heterocycles. The van der Waals surface area contributed by atoms with Gasteiger partial charge in [0.2, 0.25) is 0 Å². The highest BCUT2D eigenvalue weighted by Gasteiger charge is 2.01. The highest BCUT2D eigenvalue weighted by Crippen LogP contribution is 2.23. The first kappa shape index (κ1) is 11.4. The van der Waals surface area contributed by atoms with Gasteiger partial charge in [-0.3, -0.25) is 0 Å². The number of ether oxygens (including phenoxy) is 1. The van der Waals surface area contributed by atoms with Crippen molar-refractivity contribution in [2.75, 3.05) is 6.79 Å². The predicted molar refractivity (Wildman–Crippen MR) is 68.7 cm³/mol. The van der Waals surface area contributed by atoms with Crippen LogP contribution in [0.4, 0.5) is 0 Å². The van der Waals surface area contributed by atoms with Crippen molar-refractivity contribution in [3.63, 3.8) is 0 Å². The summed E-state index contributed by atoms with van der Waals surface area (Å²) in [6.07, 6.45) is 0. The average molecular weight is 226 g/mol. The molecule has 1 N–H and O–H groups in total. The number of hydrogen-bond acceptors (Lipinski definition) is 2. The van der Waals surface area contributed by atoms with Crippen LogP contribution in [0.15, 0.2) is 61.2 Å². The number of benzene rings is 2. The molecule has 0 bridgehead atoms. The van der Waals surface area contributed by atoms with Gasteiger partial charge < -0.3 is 9.84 Å². The summed E-state index contributed by atoms with van der Waals surface area (Å²) in [5, 5.41) is 8.64. The molecular formula is C15H14O2. The third kappa shape index (κ3) is 2.74. The van der Waals surface area contributed by atoms with E-state index in [1.807, 2.05) is 54.6 Å². The van der Waals surface area contributed by atoms with Crippen molar-refractivity contribution in [1.82, 2.24) is 0 Å². The minimum Gasteiger partial charge on any atom is -0.468 e. The number of aliphatic hydroxyl groups is 1. The van der Waals surface area contributed by atoms with Crippen LogP contribution in [0.3, 0.4) is 0 Å². The van der Waals surface area contributed by atoms with Crippen LogP contribution in [0.2, 0.25) is 0 Å². The Kier molecular flexibility index (Phi) is 3.58. The van der Waals surface area contributed by atoms with Crippen molar-refractivity contribution < 1.29 is 9.84 Å². The zero-order chi connectivity index (χ0) is 12.1. The molecule has 86 valence electrons. The Labute approximate surface area is 101 Å². The average Bonchev–Trinajstić information content (AvgIpc) is 2.40. The third-order valence-corrected chi connectivity index (χ3v) is 2.56. The van der Waals surface area contributed by atoms with E-state index in [1.165, 1.54) is 0 Å². The van der Waals surface area contributed by atoms with Crippen molar-refractivity contribution in [2.45, 2.75) is 0 Å². The normalized spacial score (nSPS) is 9.94. The highest BCUT2D eigenvalue weighted by atomic mass is 16.6. The Bertz CT molecular complexity index is 486. The second-order valence-electron chi connectivity index (χ2n) is 3.64. The molecule has 0 saturated heterocycles. The fraction of sp³-hybridized carbons (Fsp3) is 0.0667. The van der Waals surface area contributed by atoms with E-state index in [0.29, 0.717) is 5.75 Å². The Morgan fingerprint density at radius 1 is 0.941 bits per heavy atom. The maximum absolute atomic E-state index is 8.64. The lowest BCUT2D eigenvalue weighted by Crippen LogP contribution is -1.94. The second-order valence-corrected chi connectivity index (χ2v) is 3.64. The second kappa shape index (κ2) is 5.32. The van der Waals surface area contributed by atoms with Gasteiger partial charge in [0, 0.05) is 0 Å². The van der Waals surface area contributed by atoms with Crippen LogP contribution >= 0.6 is 0 Å². The summed E-state index contributed by atoms with van der Waals surface area (Å²) in [6.45, 7) is 3.77. The lowest BCUT2D eigenvalue weighted by molar-refractivity contribution is 0.0985. The number of rotatable bonds is 4. The number of hydrogen-bond donors (Lipinski definition) is 1. The third-order valence-electron chi connectivity index (χ3n) is 2.56. The quantitative estimate of drug-likeness (QED) is 0.812. The Hall–Kier alpha value is -2.06.